The topological polar surface area (TPSA) is 69.7 Å². The second kappa shape index (κ2) is 6.12. The van der Waals surface area contributed by atoms with Crippen molar-refractivity contribution < 1.29 is 23.9 Å². The Labute approximate surface area is 82.4 Å². The molecule has 0 bridgehead atoms. The number of rotatable bonds is 5. The molecule has 0 rings (SSSR count). The van der Waals surface area contributed by atoms with Gasteiger partial charge in [-0.2, -0.15) is 0 Å². The number of hydrogen-bond acceptors (Lipinski definition) is 5. The van der Waals surface area contributed by atoms with Gasteiger partial charge in [-0.1, -0.05) is 0 Å². The molecule has 14 heavy (non-hydrogen) atoms. The predicted molar refractivity (Wildman–Crippen MR) is 47.4 cm³/mol. The van der Waals surface area contributed by atoms with E-state index in [0.717, 1.165) is 0 Å². The summed E-state index contributed by atoms with van der Waals surface area (Å²) in [6.45, 7) is 4.82. The standard InChI is InChI=1S/C9H14O5/c1-4-13-8(11)6(3)7(10)9(12)14-5-2/h6H,4-5H2,1-3H3. The summed E-state index contributed by atoms with van der Waals surface area (Å²) in [5.41, 5.74) is 0. The molecular weight excluding hydrogens is 188 g/mol. The molecule has 0 aromatic carbocycles. The van der Waals surface area contributed by atoms with Crippen molar-refractivity contribution in [2.45, 2.75) is 20.8 Å². The summed E-state index contributed by atoms with van der Waals surface area (Å²) < 4.78 is 9.04. The average Bonchev–Trinajstić information content (AvgIpc) is 2.16. The third-order valence-electron chi connectivity index (χ3n) is 1.51. The minimum Gasteiger partial charge on any atom is -0.465 e. The first kappa shape index (κ1) is 12.6. The van der Waals surface area contributed by atoms with Crippen molar-refractivity contribution in [1.29, 1.82) is 0 Å². The number of hydrogen-bond donors (Lipinski definition) is 0. The normalized spacial score (nSPS) is 11.6. The number of ether oxygens (including phenoxy) is 2. The van der Waals surface area contributed by atoms with E-state index in [-0.39, 0.29) is 13.2 Å². The number of esters is 2. The third-order valence-corrected chi connectivity index (χ3v) is 1.51. The molecule has 0 aromatic rings. The smallest absolute Gasteiger partial charge is 0.375 e. The van der Waals surface area contributed by atoms with Crippen LogP contribution < -0.4 is 0 Å². The van der Waals surface area contributed by atoms with Crippen LogP contribution in [0.2, 0.25) is 0 Å². The van der Waals surface area contributed by atoms with Gasteiger partial charge >= 0.3 is 11.9 Å². The van der Waals surface area contributed by atoms with Gasteiger partial charge in [-0.3, -0.25) is 9.59 Å². The first-order chi connectivity index (χ1) is 6.54. The second-order valence-electron chi connectivity index (χ2n) is 2.56. The zero-order valence-corrected chi connectivity index (χ0v) is 8.53. The first-order valence-electron chi connectivity index (χ1n) is 4.42. The molecule has 0 aliphatic heterocycles. The molecule has 0 saturated heterocycles. The second-order valence-corrected chi connectivity index (χ2v) is 2.56. The maximum atomic E-state index is 11.2. The van der Waals surface area contributed by atoms with E-state index in [1.807, 2.05) is 0 Å². The Morgan fingerprint density at radius 1 is 1.07 bits per heavy atom. The van der Waals surface area contributed by atoms with Crippen LogP contribution in [-0.2, 0) is 23.9 Å². The quantitative estimate of drug-likeness (QED) is 0.364. The fraction of sp³-hybridized carbons (Fsp3) is 0.667. The molecule has 0 N–H and O–H groups in total. The molecule has 0 amide bonds. The van der Waals surface area contributed by atoms with Gasteiger partial charge in [-0.15, -0.1) is 0 Å². The van der Waals surface area contributed by atoms with Gasteiger partial charge in [0.25, 0.3) is 5.78 Å². The molecule has 5 nitrogen and oxygen atoms in total. The van der Waals surface area contributed by atoms with Gasteiger partial charge in [0.1, 0.15) is 5.92 Å². The highest BCUT2D eigenvalue weighted by atomic mass is 16.5. The van der Waals surface area contributed by atoms with E-state index in [2.05, 4.69) is 9.47 Å². The lowest BCUT2D eigenvalue weighted by Gasteiger charge is -2.07. The Morgan fingerprint density at radius 3 is 2.00 bits per heavy atom. The van der Waals surface area contributed by atoms with Crippen molar-refractivity contribution in [3.8, 4) is 0 Å². The molecule has 0 aliphatic rings. The highest BCUT2D eigenvalue weighted by Gasteiger charge is 2.29. The van der Waals surface area contributed by atoms with Crippen LogP contribution in [0.4, 0.5) is 0 Å². The van der Waals surface area contributed by atoms with Crippen LogP contribution in [-0.4, -0.2) is 30.9 Å². The van der Waals surface area contributed by atoms with E-state index >= 15 is 0 Å². The predicted octanol–water partition coefficient (Wildman–Crippen LogP) is 0.318. The van der Waals surface area contributed by atoms with Crippen molar-refractivity contribution in [3.63, 3.8) is 0 Å². The van der Waals surface area contributed by atoms with Crippen molar-refractivity contribution in [1.82, 2.24) is 0 Å². The van der Waals surface area contributed by atoms with Crippen LogP contribution in [0.3, 0.4) is 0 Å². The fourth-order valence-corrected chi connectivity index (χ4v) is 0.753. The Bertz CT molecular complexity index is 233. The molecule has 1 atom stereocenters. The lowest BCUT2D eigenvalue weighted by molar-refractivity contribution is -0.161. The lowest BCUT2D eigenvalue weighted by atomic mass is 10.1. The Hall–Kier alpha value is -1.39. The summed E-state index contributed by atoms with van der Waals surface area (Å²) in [5, 5.41) is 0. The summed E-state index contributed by atoms with van der Waals surface area (Å²) in [5.74, 6) is -3.65. The molecular formula is C9H14O5. The molecule has 80 valence electrons. The zero-order valence-electron chi connectivity index (χ0n) is 8.53. The number of ketones is 1. The maximum absolute atomic E-state index is 11.2. The van der Waals surface area contributed by atoms with Crippen molar-refractivity contribution in [2.24, 2.45) is 5.92 Å². The number of carbonyl (C=O) groups is 3. The van der Waals surface area contributed by atoms with Crippen molar-refractivity contribution >= 4 is 17.7 Å². The Kier molecular flexibility index (Phi) is 5.52. The first-order valence-corrected chi connectivity index (χ1v) is 4.42. The number of Topliss-reactive ketones (excluding diaryl/α,β-unsaturated/α-hetero) is 1. The molecule has 0 saturated carbocycles. The van der Waals surface area contributed by atoms with Gasteiger partial charge in [-0.05, 0) is 20.8 Å². The maximum Gasteiger partial charge on any atom is 0.375 e. The minimum atomic E-state index is -1.09. The molecule has 0 radical (unpaired) electrons. The van der Waals surface area contributed by atoms with E-state index in [1.165, 1.54) is 6.92 Å². The largest absolute Gasteiger partial charge is 0.465 e. The van der Waals surface area contributed by atoms with Crippen LogP contribution in [0, 0.1) is 5.92 Å². The van der Waals surface area contributed by atoms with Gasteiger partial charge in [0.15, 0.2) is 0 Å². The Balaban J connectivity index is 4.24. The minimum absolute atomic E-state index is 0.111. The average molecular weight is 202 g/mol. The van der Waals surface area contributed by atoms with Crippen molar-refractivity contribution in [2.75, 3.05) is 13.2 Å². The van der Waals surface area contributed by atoms with Crippen LogP contribution >= 0.6 is 0 Å². The molecule has 0 aliphatic carbocycles. The van der Waals surface area contributed by atoms with E-state index in [9.17, 15) is 14.4 Å². The number of carbonyl (C=O) groups excluding carboxylic acids is 3. The van der Waals surface area contributed by atoms with Crippen LogP contribution in [0.1, 0.15) is 20.8 Å². The van der Waals surface area contributed by atoms with Gasteiger partial charge in [0, 0.05) is 0 Å². The van der Waals surface area contributed by atoms with E-state index in [0.29, 0.717) is 0 Å². The fourth-order valence-electron chi connectivity index (χ4n) is 0.753. The van der Waals surface area contributed by atoms with Crippen LogP contribution in [0.15, 0.2) is 0 Å². The molecule has 0 aromatic heterocycles. The summed E-state index contributed by atoms with van der Waals surface area (Å²) in [6, 6.07) is 0. The molecule has 1 unspecified atom stereocenters. The van der Waals surface area contributed by atoms with Crippen molar-refractivity contribution in [3.05, 3.63) is 0 Å². The molecule has 0 fully saturated rings. The summed E-state index contributed by atoms with van der Waals surface area (Å²) in [4.78, 5) is 33.1. The van der Waals surface area contributed by atoms with E-state index in [4.69, 9.17) is 0 Å². The van der Waals surface area contributed by atoms with E-state index < -0.39 is 23.6 Å². The highest BCUT2D eigenvalue weighted by molar-refractivity contribution is 6.37. The van der Waals surface area contributed by atoms with Gasteiger partial charge < -0.3 is 9.47 Å². The summed E-state index contributed by atoms with van der Waals surface area (Å²) >= 11 is 0. The molecule has 0 spiro atoms. The SMILES string of the molecule is CCOC(=O)C(=O)C(C)C(=O)OCC. The summed E-state index contributed by atoms with van der Waals surface area (Å²) in [6.07, 6.45) is 0. The van der Waals surface area contributed by atoms with Gasteiger partial charge in [0.05, 0.1) is 13.2 Å². The lowest BCUT2D eigenvalue weighted by Crippen LogP contribution is -2.30. The zero-order chi connectivity index (χ0) is 11.1. The van der Waals surface area contributed by atoms with Crippen LogP contribution in [0.25, 0.3) is 0 Å². The highest BCUT2D eigenvalue weighted by Crippen LogP contribution is 2.02. The van der Waals surface area contributed by atoms with Gasteiger partial charge in [-0.25, -0.2) is 4.79 Å². The monoisotopic (exact) mass is 202 g/mol. The van der Waals surface area contributed by atoms with Crippen LogP contribution in [0.5, 0.6) is 0 Å². The molecule has 0 heterocycles. The van der Waals surface area contributed by atoms with E-state index in [1.54, 1.807) is 13.8 Å². The third kappa shape index (κ3) is 3.55. The van der Waals surface area contributed by atoms with Gasteiger partial charge in [0.2, 0.25) is 0 Å². The Morgan fingerprint density at radius 2 is 1.57 bits per heavy atom. The summed E-state index contributed by atoms with van der Waals surface area (Å²) in [7, 11) is 0. The molecule has 5 heteroatoms.